The SMILES string of the molecule is CC(C)(C)N1CC(c2ccccc2)(C(F)(F)F)O[P+]1=O. The number of halogens is 3. The lowest BCUT2D eigenvalue weighted by molar-refractivity contribution is -0.246. The van der Waals surface area contributed by atoms with E-state index in [1.807, 2.05) is 0 Å². The van der Waals surface area contributed by atoms with Gasteiger partial charge >= 0.3 is 14.4 Å². The average molecular weight is 306 g/mol. The summed E-state index contributed by atoms with van der Waals surface area (Å²) in [5, 5.41) is 0. The van der Waals surface area contributed by atoms with Gasteiger partial charge in [0.1, 0.15) is 0 Å². The first-order valence-corrected chi connectivity index (χ1v) is 7.27. The lowest BCUT2D eigenvalue weighted by Crippen LogP contribution is -2.48. The second-order valence-electron chi connectivity index (χ2n) is 5.75. The van der Waals surface area contributed by atoms with Crippen LogP contribution < -0.4 is 0 Å². The number of hydrogen-bond acceptors (Lipinski definition) is 2. The number of nitrogens with zero attached hydrogens (tertiary/aromatic N) is 1. The van der Waals surface area contributed by atoms with E-state index in [1.54, 1.807) is 26.8 Å². The lowest BCUT2D eigenvalue weighted by atomic mass is 9.92. The molecule has 20 heavy (non-hydrogen) atoms. The molecule has 0 aromatic heterocycles. The predicted octanol–water partition coefficient (Wildman–Crippen LogP) is 4.23. The van der Waals surface area contributed by atoms with Gasteiger partial charge in [-0.1, -0.05) is 35.0 Å². The second-order valence-corrected chi connectivity index (χ2v) is 6.89. The smallest absolute Gasteiger partial charge is 0.167 e. The van der Waals surface area contributed by atoms with Crippen molar-refractivity contribution in [3.8, 4) is 0 Å². The molecule has 0 aliphatic carbocycles. The number of rotatable bonds is 1. The molecule has 0 amide bonds. The summed E-state index contributed by atoms with van der Waals surface area (Å²) >= 11 is 0. The molecule has 1 fully saturated rings. The molecule has 0 spiro atoms. The van der Waals surface area contributed by atoms with Crippen molar-refractivity contribution in [2.24, 2.45) is 0 Å². The second kappa shape index (κ2) is 4.79. The van der Waals surface area contributed by atoms with Crippen molar-refractivity contribution in [3.63, 3.8) is 0 Å². The van der Waals surface area contributed by atoms with E-state index in [-0.39, 0.29) is 5.56 Å². The molecular weight excluding hydrogens is 290 g/mol. The fraction of sp³-hybridized carbons (Fsp3) is 0.538. The van der Waals surface area contributed by atoms with E-state index in [2.05, 4.69) is 0 Å². The van der Waals surface area contributed by atoms with Crippen LogP contribution in [-0.4, -0.2) is 22.9 Å². The first-order chi connectivity index (χ1) is 9.08. The third-order valence-electron chi connectivity index (χ3n) is 3.28. The molecule has 0 radical (unpaired) electrons. The Kier molecular flexibility index (Phi) is 3.70. The molecule has 0 saturated carbocycles. The van der Waals surface area contributed by atoms with Crippen LogP contribution in [0.2, 0.25) is 0 Å². The summed E-state index contributed by atoms with van der Waals surface area (Å²) in [4.78, 5) is 0. The molecule has 0 bridgehead atoms. The summed E-state index contributed by atoms with van der Waals surface area (Å²) in [6.07, 6.45) is -4.64. The van der Waals surface area contributed by atoms with Gasteiger partial charge in [0.2, 0.25) is 0 Å². The summed E-state index contributed by atoms with van der Waals surface area (Å²) in [5.41, 5.74) is -3.23. The van der Waals surface area contributed by atoms with E-state index in [0.717, 1.165) is 0 Å². The monoisotopic (exact) mass is 306 g/mol. The zero-order valence-corrected chi connectivity index (χ0v) is 12.3. The van der Waals surface area contributed by atoms with Gasteiger partial charge in [-0.2, -0.15) is 13.2 Å². The van der Waals surface area contributed by atoms with Crippen molar-refractivity contribution in [1.82, 2.24) is 4.67 Å². The molecule has 0 N–H and O–H groups in total. The highest BCUT2D eigenvalue weighted by Gasteiger charge is 2.71. The van der Waals surface area contributed by atoms with Crippen molar-refractivity contribution < 1.29 is 22.3 Å². The highest BCUT2D eigenvalue weighted by atomic mass is 31.1. The van der Waals surface area contributed by atoms with E-state index in [0.29, 0.717) is 0 Å². The van der Waals surface area contributed by atoms with Gasteiger partial charge in [-0.05, 0) is 30.9 Å². The zero-order valence-electron chi connectivity index (χ0n) is 11.4. The van der Waals surface area contributed by atoms with Crippen LogP contribution in [0.4, 0.5) is 13.2 Å². The summed E-state index contributed by atoms with van der Waals surface area (Å²) < 4.78 is 58.9. The topological polar surface area (TPSA) is 29.5 Å². The molecule has 1 aromatic rings. The molecule has 1 aliphatic heterocycles. The van der Waals surface area contributed by atoms with Crippen molar-refractivity contribution in [2.45, 2.75) is 38.1 Å². The maximum Gasteiger partial charge on any atom is 0.617 e. The third kappa shape index (κ3) is 2.48. The summed E-state index contributed by atoms with van der Waals surface area (Å²) in [6.45, 7) is 4.66. The van der Waals surface area contributed by atoms with Crippen LogP contribution in [-0.2, 0) is 14.7 Å². The Morgan fingerprint density at radius 3 is 2.15 bits per heavy atom. The van der Waals surface area contributed by atoms with Crippen molar-refractivity contribution in [1.29, 1.82) is 0 Å². The van der Waals surface area contributed by atoms with Crippen molar-refractivity contribution >= 4 is 8.18 Å². The number of hydrogen-bond donors (Lipinski definition) is 0. The van der Waals surface area contributed by atoms with E-state index in [1.165, 1.54) is 28.9 Å². The van der Waals surface area contributed by atoms with Gasteiger partial charge in [-0.15, -0.1) is 4.52 Å². The molecule has 2 unspecified atom stereocenters. The van der Waals surface area contributed by atoms with Gasteiger partial charge < -0.3 is 0 Å². The molecular formula is C13H16F3NO2P+. The Labute approximate surface area is 116 Å². The van der Waals surface area contributed by atoms with Crippen LogP contribution in [0.3, 0.4) is 0 Å². The Hall–Kier alpha value is -0.970. The standard InChI is InChI=1S/C13H16F3NO2P/c1-11(2,3)17-9-12(13(14,15)16,19-20(17)18)10-7-5-4-6-8-10/h4-8H,9H2,1-3H3/q+1. The minimum atomic E-state index is -4.64. The summed E-state index contributed by atoms with van der Waals surface area (Å²) in [7, 11) is -2.53. The minimum absolute atomic E-state index is 0.0254. The Balaban J connectivity index is 2.51. The predicted molar refractivity (Wildman–Crippen MR) is 69.3 cm³/mol. The van der Waals surface area contributed by atoms with Gasteiger partial charge in [-0.3, -0.25) is 0 Å². The van der Waals surface area contributed by atoms with Crippen LogP contribution in [0.15, 0.2) is 30.3 Å². The van der Waals surface area contributed by atoms with Gasteiger partial charge in [0.15, 0.2) is 0 Å². The quantitative estimate of drug-likeness (QED) is 0.727. The van der Waals surface area contributed by atoms with Gasteiger partial charge in [-0.25, -0.2) is 0 Å². The van der Waals surface area contributed by atoms with Crippen molar-refractivity contribution in [3.05, 3.63) is 35.9 Å². The zero-order chi connectivity index (χ0) is 15.2. The molecule has 110 valence electrons. The van der Waals surface area contributed by atoms with E-state index in [4.69, 9.17) is 4.52 Å². The molecule has 1 aromatic carbocycles. The van der Waals surface area contributed by atoms with Crippen LogP contribution in [0.25, 0.3) is 0 Å². The molecule has 2 atom stereocenters. The fourth-order valence-electron chi connectivity index (χ4n) is 2.12. The van der Waals surface area contributed by atoms with E-state index >= 15 is 0 Å². The molecule has 2 rings (SSSR count). The van der Waals surface area contributed by atoms with Crippen LogP contribution in [0, 0.1) is 0 Å². The highest BCUT2D eigenvalue weighted by molar-refractivity contribution is 7.36. The van der Waals surface area contributed by atoms with Crippen LogP contribution >= 0.6 is 8.18 Å². The Morgan fingerprint density at radius 1 is 1.20 bits per heavy atom. The summed E-state index contributed by atoms with van der Waals surface area (Å²) in [6, 6.07) is 7.35. The fourth-order valence-corrected chi connectivity index (χ4v) is 3.56. The highest BCUT2D eigenvalue weighted by Crippen LogP contribution is 2.57. The maximum absolute atomic E-state index is 13.6. The number of benzene rings is 1. The van der Waals surface area contributed by atoms with Gasteiger partial charge in [0, 0.05) is 0 Å². The maximum atomic E-state index is 13.6. The molecule has 1 aliphatic rings. The van der Waals surface area contributed by atoms with E-state index < -0.39 is 32.0 Å². The molecule has 1 heterocycles. The molecule has 1 saturated heterocycles. The van der Waals surface area contributed by atoms with Crippen molar-refractivity contribution in [2.75, 3.05) is 6.54 Å². The normalized spacial score (nSPS) is 27.0. The van der Waals surface area contributed by atoms with Crippen LogP contribution in [0.1, 0.15) is 26.3 Å². The number of alkyl halides is 3. The summed E-state index contributed by atoms with van der Waals surface area (Å²) in [5.74, 6) is 0. The molecule has 7 heteroatoms. The Bertz CT molecular complexity index is 513. The lowest BCUT2D eigenvalue weighted by Gasteiger charge is -2.28. The van der Waals surface area contributed by atoms with Gasteiger partial charge in [0.05, 0.1) is 12.1 Å². The average Bonchev–Trinajstić information content (AvgIpc) is 2.69. The largest absolute Gasteiger partial charge is 0.617 e. The molecule has 3 nitrogen and oxygen atoms in total. The Morgan fingerprint density at radius 2 is 1.75 bits per heavy atom. The first kappa shape index (κ1) is 15.4. The van der Waals surface area contributed by atoms with Gasteiger partial charge in [0.25, 0.3) is 5.60 Å². The first-order valence-electron chi connectivity index (χ1n) is 6.14. The van der Waals surface area contributed by atoms with E-state index in [9.17, 15) is 17.7 Å². The third-order valence-corrected chi connectivity index (χ3v) is 4.88. The van der Waals surface area contributed by atoms with Crippen LogP contribution in [0.5, 0.6) is 0 Å². The minimum Gasteiger partial charge on any atom is -0.167 e.